The van der Waals surface area contributed by atoms with Gasteiger partial charge in [0, 0.05) is 24.2 Å². The van der Waals surface area contributed by atoms with Crippen molar-refractivity contribution in [3.8, 4) is 0 Å². The van der Waals surface area contributed by atoms with Gasteiger partial charge in [-0.3, -0.25) is 9.59 Å². The number of rotatable bonds is 3. The molecule has 0 radical (unpaired) electrons. The smallest absolute Gasteiger partial charge is 0.251 e. The number of benzene rings is 2. The van der Waals surface area contributed by atoms with Crippen molar-refractivity contribution in [2.75, 3.05) is 11.4 Å². The molecule has 4 nitrogen and oxygen atoms in total. The molecule has 1 aliphatic heterocycles. The van der Waals surface area contributed by atoms with Gasteiger partial charge in [0.1, 0.15) is 0 Å². The summed E-state index contributed by atoms with van der Waals surface area (Å²) in [6, 6.07) is 11.7. The predicted octanol–water partition coefficient (Wildman–Crippen LogP) is 2.50. The Kier molecular flexibility index (Phi) is 4.06. The van der Waals surface area contributed by atoms with E-state index in [1.54, 1.807) is 4.90 Å². The van der Waals surface area contributed by atoms with E-state index in [1.165, 1.54) is 6.07 Å². The van der Waals surface area contributed by atoms with Gasteiger partial charge in [-0.05, 0) is 30.3 Å². The van der Waals surface area contributed by atoms with Crippen LogP contribution < -0.4 is 10.2 Å². The van der Waals surface area contributed by atoms with E-state index < -0.39 is 17.5 Å². The zero-order valence-corrected chi connectivity index (χ0v) is 12.1. The lowest BCUT2D eigenvalue weighted by molar-refractivity contribution is -0.117. The summed E-state index contributed by atoms with van der Waals surface area (Å²) in [5, 5.41) is 2.68. The summed E-state index contributed by atoms with van der Waals surface area (Å²) in [5.74, 6) is -2.71. The van der Waals surface area contributed by atoms with Gasteiger partial charge in [-0.1, -0.05) is 18.2 Å². The fourth-order valence-electron chi connectivity index (χ4n) is 2.57. The number of hydrogen-bond donors (Lipinski definition) is 1. The number of carbonyl (C=O) groups is 2. The molecular weight excluding hydrogens is 302 g/mol. The van der Waals surface area contributed by atoms with Crippen LogP contribution in [0.25, 0.3) is 0 Å². The van der Waals surface area contributed by atoms with Gasteiger partial charge in [-0.25, -0.2) is 8.78 Å². The van der Waals surface area contributed by atoms with Gasteiger partial charge in [0.2, 0.25) is 5.91 Å². The molecule has 1 saturated heterocycles. The van der Waals surface area contributed by atoms with Gasteiger partial charge in [-0.2, -0.15) is 0 Å². The molecule has 1 atom stereocenters. The van der Waals surface area contributed by atoms with Crippen molar-refractivity contribution < 1.29 is 18.4 Å². The maximum Gasteiger partial charge on any atom is 0.251 e. The van der Waals surface area contributed by atoms with Crippen LogP contribution in [0.2, 0.25) is 0 Å². The van der Waals surface area contributed by atoms with Crippen molar-refractivity contribution in [2.45, 2.75) is 12.5 Å². The summed E-state index contributed by atoms with van der Waals surface area (Å²) < 4.78 is 26.1. The predicted molar refractivity (Wildman–Crippen MR) is 81.0 cm³/mol. The lowest BCUT2D eigenvalue weighted by Gasteiger charge is -2.17. The van der Waals surface area contributed by atoms with E-state index in [9.17, 15) is 18.4 Å². The van der Waals surface area contributed by atoms with Crippen LogP contribution >= 0.6 is 0 Å². The van der Waals surface area contributed by atoms with Crippen LogP contribution in [0.1, 0.15) is 16.8 Å². The van der Waals surface area contributed by atoms with E-state index in [0.717, 1.165) is 17.8 Å². The summed E-state index contributed by atoms with van der Waals surface area (Å²) in [6.45, 7) is 0.345. The van der Waals surface area contributed by atoms with Gasteiger partial charge in [0.15, 0.2) is 11.6 Å². The molecular formula is C17H14F2N2O2. The minimum Gasteiger partial charge on any atom is -0.347 e. The second-order valence-corrected chi connectivity index (χ2v) is 5.34. The Balaban J connectivity index is 1.68. The maximum absolute atomic E-state index is 13.2. The molecule has 1 heterocycles. The molecule has 1 fully saturated rings. The van der Waals surface area contributed by atoms with Gasteiger partial charge in [0.25, 0.3) is 5.91 Å². The molecule has 118 valence electrons. The number of anilines is 1. The summed E-state index contributed by atoms with van der Waals surface area (Å²) in [7, 11) is 0. The molecule has 1 aliphatic rings. The molecule has 0 aliphatic carbocycles. The Morgan fingerprint density at radius 1 is 1.09 bits per heavy atom. The van der Waals surface area contributed by atoms with E-state index in [2.05, 4.69) is 5.32 Å². The summed E-state index contributed by atoms with van der Waals surface area (Å²) >= 11 is 0. The highest BCUT2D eigenvalue weighted by molar-refractivity contribution is 5.98. The number of hydrogen-bond acceptors (Lipinski definition) is 2. The first-order valence-electron chi connectivity index (χ1n) is 7.16. The molecule has 0 unspecified atom stereocenters. The third kappa shape index (κ3) is 3.21. The Hall–Kier alpha value is -2.76. The SMILES string of the molecule is O=C(N[C@@H]1CC(=O)N(c2ccccc2)C1)c1ccc(F)c(F)c1. The highest BCUT2D eigenvalue weighted by atomic mass is 19.2. The number of halogens is 2. The van der Waals surface area contributed by atoms with Crippen LogP contribution in [-0.4, -0.2) is 24.4 Å². The fourth-order valence-corrected chi connectivity index (χ4v) is 2.57. The standard InChI is InChI=1S/C17H14F2N2O2/c18-14-7-6-11(8-15(14)19)17(23)20-12-9-16(22)21(10-12)13-4-2-1-3-5-13/h1-8,12H,9-10H2,(H,20,23)/t12-/m1/s1. The van der Waals surface area contributed by atoms with Crippen LogP contribution in [0.4, 0.5) is 14.5 Å². The number of para-hydroxylation sites is 1. The largest absolute Gasteiger partial charge is 0.347 e. The number of carbonyl (C=O) groups excluding carboxylic acids is 2. The number of nitrogens with zero attached hydrogens (tertiary/aromatic N) is 1. The quantitative estimate of drug-likeness (QED) is 0.946. The van der Waals surface area contributed by atoms with E-state index in [4.69, 9.17) is 0 Å². The van der Waals surface area contributed by atoms with Crippen molar-refractivity contribution in [1.29, 1.82) is 0 Å². The Morgan fingerprint density at radius 3 is 2.52 bits per heavy atom. The fraction of sp³-hybridized carbons (Fsp3) is 0.176. The molecule has 6 heteroatoms. The zero-order chi connectivity index (χ0) is 16.4. The number of amides is 2. The Bertz CT molecular complexity index is 750. The molecule has 2 aromatic rings. The first-order chi connectivity index (χ1) is 11.0. The van der Waals surface area contributed by atoms with E-state index >= 15 is 0 Å². The molecule has 2 amide bonds. The van der Waals surface area contributed by atoms with Crippen molar-refractivity contribution in [3.05, 3.63) is 65.7 Å². The highest BCUT2D eigenvalue weighted by Gasteiger charge is 2.31. The topological polar surface area (TPSA) is 49.4 Å². The van der Waals surface area contributed by atoms with Crippen LogP contribution in [0, 0.1) is 11.6 Å². The average Bonchev–Trinajstić information content (AvgIpc) is 2.91. The normalized spacial score (nSPS) is 17.4. The molecule has 0 spiro atoms. The maximum atomic E-state index is 13.2. The molecule has 3 rings (SSSR count). The van der Waals surface area contributed by atoms with E-state index in [0.29, 0.717) is 6.54 Å². The third-order valence-corrected chi connectivity index (χ3v) is 3.71. The third-order valence-electron chi connectivity index (χ3n) is 3.71. The summed E-state index contributed by atoms with van der Waals surface area (Å²) in [6.07, 6.45) is 0.171. The van der Waals surface area contributed by atoms with Crippen LogP contribution in [0.5, 0.6) is 0 Å². The van der Waals surface area contributed by atoms with Gasteiger partial charge < -0.3 is 10.2 Å². The van der Waals surface area contributed by atoms with Gasteiger partial charge in [-0.15, -0.1) is 0 Å². The lowest BCUT2D eigenvalue weighted by atomic mass is 10.1. The summed E-state index contributed by atoms with van der Waals surface area (Å²) in [4.78, 5) is 25.7. The van der Waals surface area contributed by atoms with Crippen molar-refractivity contribution in [1.82, 2.24) is 5.32 Å². The molecule has 2 aromatic carbocycles. The average molecular weight is 316 g/mol. The molecule has 0 aromatic heterocycles. The van der Waals surface area contributed by atoms with Crippen molar-refractivity contribution >= 4 is 17.5 Å². The molecule has 1 N–H and O–H groups in total. The minimum atomic E-state index is -1.08. The van der Waals surface area contributed by atoms with Crippen molar-refractivity contribution in [2.24, 2.45) is 0 Å². The Labute approximate surface area is 131 Å². The highest BCUT2D eigenvalue weighted by Crippen LogP contribution is 2.21. The first-order valence-corrected chi connectivity index (χ1v) is 7.16. The Morgan fingerprint density at radius 2 is 1.83 bits per heavy atom. The zero-order valence-electron chi connectivity index (χ0n) is 12.1. The van der Waals surface area contributed by atoms with Gasteiger partial charge in [0.05, 0.1) is 6.04 Å². The van der Waals surface area contributed by atoms with Gasteiger partial charge >= 0.3 is 0 Å². The molecule has 0 saturated carbocycles. The second-order valence-electron chi connectivity index (χ2n) is 5.34. The minimum absolute atomic E-state index is 0.0227. The molecule has 23 heavy (non-hydrogen) atoms. The van der Waals surface area contributed by atoms with Crippen molar-refractivity contribution in [3.63, 3.8) is 0 Å². The monoisotopic (exact) mass is 316 g/mol. The number of nitrogens with one attached hydrogen (secondary N) is 1. The summed E-state index contributed by atoms with van der Waals surface area (Å²) in [5.41, 5.74) is 0.789. The van der Waals surface area contributed by atoms with E-state index in [1.807, 2.05) is 30.3 Å². The molecule has 0 bridgehead atoms. The van der Waals surface area contributed by atoms with E-state index in [-0.39, 0.29) is 23.9 Å². The van der Waals surface area contributed by atoms with Crippen LogP contribution in [0.3, 0.4) is 0 Å². The first kappa shape index (κ1) is 15.1. The lowest BCUT2D eigenvalue weighted by Crippen LogP contribution is -2.37. The van der Waals surface area contributed by atoms with Crippen LogP contribution in [0.15, 0.2) is 48.5 Å². The van der Waals surface area contributed by atoms with Crippen LogP contribution in [-0.2, 0) is 4.79 Å². The second kappa shape index (κ2) is 6.16.